The maximum Gasteiger partial charge on any atom is 0.326 e. The first-order chi connectivity index (χ1) is 11.7. The molecule has 3 N–H and O–H groups in total. The lowest BCUT2D eigenvalue weighted by molar-refractivity contribution is -0.384. The topological polar surface area (TPSA) is 157 Å². The average Bonchev–Trinajstić information content (AvgIpc) is 2.55. The number of non-ortho nitro benzene ring substituents is 1. The van der Waals surface area contributed by atoms with Crippen molar-refractivity contribution in [1.29, 1.82) is 0 Å². The Labute approximate surface area is 142 Å². The first kappa shape index (κ1) is 19.0. The van der Waals surface area contributed by atoms with Crippen molar-refractivity contribution in [3.05, 3.63) is 27.8 Å². The molecule has 2 aromatic rings. The van der Waals surface area contributed by atoms with Crippen molar-refractivity contribution >= 4 is 24.3 Å². The Morgan fingerprint density at radius 1 is 1.24 bits per heavy atom. The number of methoxy groups -OCH3 is 2. The molecule has 0 radical (unpaired) electrons. The molecule has 11 nitrogen and oxygen atoms in total. The fraction of sp³-hybridized carbons (Fsp3) is 0.385. The Bertz CT molecular complexity index is 839. The highest BCUT2D eigenvalue weighted by molar-refractivity contribution is 7.51. The van der Waals surface area contributed by atoms with Gasteiger partial charge in [0.1, 0.15) is 5.52 Å². The molecule has 1 aromatic heterocycles. The largest absolute Gasteiger partial charge is 0.477 e. The van der Waals surface area contributed by atoms with Crippen molar-refractivity contribution in [2.45, 2.75) is 6.54 Å². The van der Waals surface area contributed by atoms with E-state index in [1.807, 2.05) is 0 Å². The summed E-state index contributed by atoms with van der Waals surface area (Å²) in [5, 5.41) is 13.9. The van der Waals surface area contributed by atoms with Gasteiger partial charge in [0.2, 0.25) is 0 Å². The van der Waals surface area contributed by atoms with Gasteiger partial charge >= 0.3 is 7.60 Å². The van der Waals surface area contributed by atoms with Crippen LogP contribution in [0, 0.1) is 10.1 Å². The lowest BCUT2D eigenvalue weighted by atomic mass is 10.1. The monoisotopic (exact) mass is 372 g/mol. The van der Waals surface area contributed by atoms with Gasteiger partial charge in [-0.05, 0) is 0 Å². The number of fused-ring (bicyclic) bond motifs is 1. The summed E-state index contributed by atoms with van der Waals surface area (Å²) < 4.78 is 21.0. The lowest BCUT2D eigenvalue weighted by Gasteiger charge is -2.11. The molecule has 0 amide bonds. The predicted molar refractivity (Wildman–Crippen MR) is 87.9 cm³/mol. The van der Waals surface area contributed by atoms with Gasteiger partial charge in [-0.1, -0.05) is 0 Å². The number of nitrogens with one attached hydrogen (secondary N) is 1. The number of nitro benzene ring substituents is 1. The smallest absolute Gasteiger partial charge is 0.326 e. The van der Waals surface area contributed by atoms with Crippen LogP contribution in [0.25, 0.3) is 11.0 Å². The van der Waals surface area contributed by atoms with Gasteiger partial charge < -0.3 is 24.6 Å². The van der Waals surface area contributed by atoms with Gasteiger partial charge in [-0.15, -0.1) is 0 Å². The van der Waals surface area contributed by atoms with E-state index in [0.717, 1.165) is 0 Å². The van der Waals surface area contributed by atoms with Crippen LogP contribution in [0.1, 0.15) is 5.56 Å². The lowest BCUT2D eigenvalue weighted by Crippen LogP contribution is -2.18. The molecule has 0 bridgehead atoms. The Morgan fingerprint density at radius 3 is 2.44 bits per heavy atom. The van der Waals surface area contributed by atoms with Gasteiger partial charge in [-0.25, -0.2) is 9.97 Å². The molecule has 2 rings (SSSR count). The second-order valence-electron chi connectivity index (χ2n) is 5.04. The third-order valence-electron chi connectivity index (χ3n) is 3.26. The number of aromatic nitrogens is 2. The Balaban J connectivity index is 2.41. The number of hydrogen-bond donors (Lipinski definition) is 3. The molecule has 136 valence electrons. The van der Waals surface area contributed by atoms with Crippen molar-refractivity contribution in [3.63, 3.8) is 0 Å². The minimum absolute atomic E-state index is 0.0369. The number of benzene rings is 1. The fourth-order valence-electron chi connectivity index (χ4n) is 2.14. The first-order valence-corrected chi connectivity index (χ1v) is 8.87. The highest BCUT2D eigenvalue weighted by atomic mass is 31.2. The Morgan fingerprint density at radius 2 is 1.88 bits per heavy atom. The van der Waals surface area contributed by atoms with E-state index in [1.165, 1.54) is 26.4 Å². The normalized spacial score (nSPS) is 11.5. The van der Waals surface area contributed by atoms with Gasteiger partial charge in [0.25, 0.3) is 17.4 Å². The standard InChI is InChI=1S/C13H17N4O7P/c1-23-12-13(24-2)16-11-8(7-14-3-4-25(20,21)22)5-9(17(18)19)6-10(11)15-12/h5-6,14H,3-4,7H2,1-2H3,(H2,20,21,22). The summed E-state index contributed by atoms with van der Waals surface area (Å²) in [5.41, 5.74) is 0.884. The third kappa shape index (κ3) is 4.83. The maximum absolute atomic E-state index is 11.1. The zero-order valence-electron chi connectivity index (χ0n) is 13.5. The molecule has 1 aromatic carbocycles. The van der Waals surface area contributed by atoms with E-state index in [4.69, 9.17) is 19.3 Å². The van der Waals surface area contributed by atoms with E-state index in [2.05, 4.69) is 15.3 Å². The molecule has 0 aliphatic carbocycles. The SMILES string of the molecule is COc1nc2cc([N+](=O)[O-])cc(CNCCP(=O)(O)O)c2nc1OC. The van der Waals surface area contributed by atoms with Crippen LogP contribution < -0.4 is 14.8 Å². The molecule has 0 aliphatic rings. The van der Waals surface area contributed by atoms with Crippen molar-refractivity contribution in [2.75, 3.05) is 26.9 Å². The summed E-state index contributed by atoms with van der Waals surface area (Å²) in [4.78, 5) is 36.7. The van der Waals surface area contributed by atoms with E-state index >= 15 is 0 Å². The van der Waals surface area contributed by atoms with Crippen LogP contribution in [0.5, 0.6) is 11.8 Å². The van der Waals surface area contributed by atoms with Gasteiger partial charge in [0, 0.05) is 30.8 Å². The molecule has 12 heteroatoms. The van der Waals surface area contributed by atoms with E-state index in [1.54, 1.807) is 0 Å². The van der Waals surface area contributed by atoms with Gasteiger partial charge in [0.15, 0.2) is 0 Å². The molecule has 0 fully saturated rings. The van der Waals surface area contributed by atoms with Crippen LogP contribution in [-0.4, -0.2) is 51.6 Å². The molecule has 0 aliphatic heterocycles. The van der Waals surface area contributed by atoms with Crippen LogP contribution in [-0.2, 0) is 11.1 Å². The molecule has 0 saturated carbocycles. The minimum atomic E-state index is -4.12. The molecule has 0 unspecified atom stereocenters. The second kappa shape index (κ2) is 7.70. The Hall–Kier alpha value is -2.33. The fourth-order valence-corrected chi connectivity index (χ4v) is 2.59. The molecule has 0 atom stereocenters. The molecule has 1 heterocycles. The first-order valence-electron chi connectivity index (χ1n) is 7.07. The summed E-state index contributed by atoms with van der Waals surface area (Å²) in [6.45, 7) is 0.150. The zero-order chi connectivity index (χ0) is 18.6. The van der Waals surface area contributed by atoms with Crippen molar-refractivity contribution < 1.29 is 28.7 Å². The molecule has 0 saturated heterocycles. The average molecular weight is 372 g/mol. The highest BCUT2D eigenvalue weighted by Crippen LogP contribution is 2.33. The van der Waals surface area contributed by atoms with Crippen LogP contribution in [0.4, 0.5) is 5.69 Å². The van der Waals surface area contributed by atoms with Crippen molar-refractivity contribution in [3.8, 4) is 11.8 Å². The molecule has 25 heavy (non-hydrogen) atoms. The molecular formula is C13H17N4O7P. The predicted octanol–water partition coefficient (Wildman–Crippen LogP) is 0.822. The Kier molecular flexibility index (Phi) is 5.85. The molecule has 0 spiro atoms. The van der Waals surface area contributed by atoms with E-state index in [0.29, 0.717) is 11.1 Å². The van der Waals surface area contributed by atoms with Crippen LogP contribution in [0.15, 0.2) is 12.1 Å². The van der Waals surface area contributed by atoms with Crippen molar-refractivity contribution in [2.24, 2.45) is 0 Å². The summed E-state index contributed by atoms with van der Waals surface area (Å²) in [6.07, 6.45) is -0.345. The summed E-state index contributed by atoms with van der Waals surface area (Å²) in [7, 11) is -1.35. The summed E-state index contributed by atoms with van der Waals surface area (Å²) in [6, 6.07) is 2.59. The maximum atomic E-state index is 11.1. The zero-order valence-corrected chi connectivity index (χ0v) is 14.4. The molecular weight excluding hydrogens is 355 g/mol. The number of nitrogens with zero attached hydrogens (tertiary/aromatic N) is 3. The van der Waals surface area contributed by atoms with Gasteiger partial charge in [0.05, 0.1) is 30.8 Å². The quantitative estimate of drug-likeness (QED) is 0.262. The second-order valence-corrected chi connectivity index (χ2v) is 6.81. The third-order valence-corrected chi connectivity index (χ3v) is 4.07. The van der Waals surface area contributed by atoms with E-state index in [9.17, 15) is 14.7 Å². The number of rotatable bonds is 8. The highest BCUT2D eigenvalue weighted by Gasteiger charge is 2.18. The van der Waals surface area contributed by atoms with Gasteiger partial charge in [-0.3, -0.25) is 14.7 Å². The number of nitro groups is 1. The van der Waals surface area contributed by atoms with E-state index in [-0.39, 0.29) is 42.2 Å². The summed E-state index contributed by atoms with van der Waals surface area (Å²) >= 11 is 0. The van der Waals surface area contributed by atoms with Gasteiger partial charge in [-0.2, -0.15) is 0 Å². The van der Waals surface area contributed by atoms with Crippen molar-refractivity contribution in [1.82, 2.24) is 15.3 Å². The van der Waals surface area contributed by atoms with Crippen LogP contribution in [0.2, 0.25) is 0 Å². The summed E-state index contributed by atoms with van der Waals surface area (Å²) in [5.74, 6) is 0.219. The number of ether oxygens (including phenoxy) is 2. The minimum Gasteiger partial charge on any atom is -0.477 e. The van der Waals surface area contributed by atoms with Crippen LogP contribution in [0.3, 0.4) is 0 Å². The van der Waals surface area contributed by atoms with E-state index < -0.39 is 12.5 Å². The number of hydrogen-bond acceptors (Lipinski definition) is 8. The van der Waals surface area contributed by atoms with Crippen LogP contribution >= 0.6 is 7.60 Å².